The maximum atomic E-state index is 8.90. The van der Waals surface area contributed by atoms with Crippen LogP contribution in [0.3, 0.4) is 0 Å². The van der Waals surface area contributed by atoms with E-state index in [-0.39, 0.29) is 0 Å². The molecular weight excluding hydrogens is 154 g/mol. The maximum absolute atomic E-state index is 8.90. The molecule has 11 heavy (non-hydrogen) atoms. The predicted molar refractivity (Wildman–Crippen MR) is 35.5 cm³/mol. The molecule has 0 radical (unpaired) electrons. The Hall–Kier alpha value is -0.690. The van der Waals surface area contributed by atoms with Crippen LogP contribution in [0.5, 0.6) is 0 Å². The first-order valence-corrected chi connectivity index (χ1v) is 2.90. The van der Waals surface area contributed by atoms with Gasteiger partial charge in [0.15, 0.2) is 7.52 Å². The molecule has 0 amide bonds. The lowest BCUT2D eigenvalue weighted by Gasteiger charge is -2.18. The Morgan fingerprint density at radius 3 is 2.36 bits per heavy atom. The minimum atomic E-state index is -1.86. The summed E-state index contributed by atoms with van der Waals surface area (Å²) in [5.41, 5.74) is 0. The second-order valence-electron chi connectivity index (χ2n) is 2.04. The van der Waals surface area contributed by atoms with Crippen LogP contribution in [-0.4, -0.2) is 56.3 Å². The summed E-state index contributed by atoms with van der Waals surface area (Å²) >= 11 is 0. The largest absolute Gasteiger partial charge is 0.495 e. The van der Waals surface area contributed by atoms with E-state index < -0.39 is 30.8 Å². The highest BCUT2D eigenvalue weighted by Crippen LogP contribution is 1.99. The first-order valence-electron chi connectivity index (χ1n) is 3.35. The molecule has 66 valence electrons. The minimum Gasteiger partial charge on any atom is -0.495 e. The summed E-state index contributed by atoms with van der Waals surface area (Å²) in [6.45, 7) is -0.760. The normalized spacial score (nSPS) is 22.2. The standard InChI is InChI=1S/C5H11NO5/c6-5(11)4(10)3(9)2(8)1-7/h2-4,7-10H,1H2,(H2,6,11)/t2-,3+,4-/m1/s1/i/hD. The molecule has 6 nitrogen and oxygen atoms in total. The van der Waals surface area contributed by atoms with E-state index in [2.05, 4.69) is 5.40 Å². The SMILES string of the molecule is [2H]N=C(O)[C@H](O)[C@@H](O)[C@H](O)CO. The third-order valence-corrected chi connectivity index (χ3v) is 1.17. The van der Waals surface area contributed by atoms with Crippen molar-refractivity contribution in [2.45, 2.75) is 18.3 Å². The number of hydrogen-bond donors (Lipinski definition) is 6. The van der Waals surface area contributed by atoms with E-state index in [0.29, 0.717) is 0 Å². The monoisotopic (exact) mass is 166 g/mol. The van der Waals surface area contributed by atoms with Gasteiger partial charge in [0.05, 0.1) is 6.61 Å². The summed E-state index contributed by atoms with van der Waals surface area (Å²) in [7, 11) is 0. The van der Waals surface area contributed by atoms with E-state index in [9.17, 15) is 0 Å². The summed E-state index contributed by atoms with van der Waals surface area (Å²) in [5.74, 6) is -1.02. The molecular formula is C5H11NO5. The summed E-state index contributed by atoms with van der Waals surface area (Å²) in [5, 5.41) is 45.9. The molecule has 0 heterocycles. The van der Waals surface area contributed by atoms with E-state index in [4.69, 9.17) is 26.9 Å². The van der Waals surface area contributed by atoms with Crippen LogP contribution in [0.15, 0.2) is 0 Å². The molecule has 0 saturated carbocycles. The molecule has 0 fully saturated rings. The van der Waals surface area contributed by atoms with Crippen LogP contribution in [0.1, 0.15) is 0 Å². The van der Waals surface area contributed by atoms with Crippen molar-refractivity contribution in [2.24, 2.45) is 0 Å². The summed E-state index contributed by atoms with van der Waals surface area (Å²) in [6, 6.07) is 0. The van der Waals surface area contributed by atoms with Crippen molar-refractivity contribution in [3.8, 4) is 0 Å². The molecule has 0 aromatic heterocycles. The van der Waals surface area contributed by atoms with Crippen molar-refractivity contribution >= 4 is 5.90 Å². The van der Waals surface area contributed by atoms with E-state index in [1.807, 2.05) is 0 Å². The molecule has 0 aromatic carbocycles. The molecule has 0 unspecified atom stereocenters. The predicted octanol–water partition coefficient (Wildman–Crippen LogP) is -2.40. The molecule has 0 aliphatic rings. The Morgan fingerprint density at radius 2 is 2.00 bits per heavy atom. The van der Waals surface area contributed by atoms with Gasteiger partial charge in [-0.25, -0.2) is 0 Å². The summed E-state index contributed by atoms with van der Waals surface area (Å²) in [4.78, 5) is 0. The first kappa shape index (κ1) is 8.41. The number of hydrogen-bond acceptors (Lipinski definition) is 5. The zero-order chi connectivity index (χ0) is 9.72. The third kappa shape index (κ3) is 2.81. The second-order valence-corrected chi connectivity index (χ2v) is 2.04. The molecule has 0 rings (SSSR count). The van der Waals surface area contributed by atoms with E-state index >= 15 is 0 Å². The Morgan fingerprint density at radius 1 is 1.45 bits per heavy atom. The minimum absolute atomic E-state index is 0.760. The lowest BCUT2D eigenvalue weighted by Crippen LogP contribution is -2.43. The zero-order valence-corrected chi connectivity index (χ0v) is 5.62. The van der Waals surface area contributed by atoms with Gasteiger partial charge in [0.1, 0.15) is 12.2 Å². The van der Waals surface area contributed by atoms with Crippen molar-refractivity contribution in [1.82, 2.24) is 0 Å². The molecule has 0 aliphatic carbocycles. The second kappa shape index (κ2) is 4.24. The van der Waals surface area contributed by atoms with Gasteiger partial charge in [-0.15, -0.1) is 0 Å². The first-order chi connectivity index (χ1) is 5.54. The van der Waals surface area contributed by atoms with Gasteiger partial charge in [0.25, 0.3) is 0 Å². The van der Waals surface area contributed by atoms with Gasteiger partial charge in [-0.05, 0) is 0 Å². The average molecular weight is 166 g/mol. The molecule has 0 saturated heterocycles. The molecule has 0 spiro atoms. The fourth-order valence-electron chi connectivity index (χ4n) is 0.471. The molecule has 6 heteroatoms. The van der Waals surface area contributed by atoms with Crippen LogP contribution in [0.25, 0.3) is 0 Å². The van der Waals surface area contributed by atoms with Crippen LogP contribution >= 0.6 is 0 Å². The van der Waals surface area contributed by atoms with Gasteiger partial charge in [-0.1, -0.05) is 0 Å². The van der Waals surface area contributed by atoms with Gasteiger partial charge in [-0.2, -0.15) is 0 Å². The molecule has 0 aromatic rings. The van der Waals surface area contributed by atoms with Crippen LogP contribution in [0.4, 0.5) is 0 Å². The lowest BCUT2D eigenvalue weighted by molar-refractivity contribution is -0.0594. The van der Waals surface area contributed by atoms with Gasteiger partial charge < -0.3 is 25.5 Å². The van der Waals surface area contributed by atoms with Crippen molar-refractivity contribution in [2.75, 3.05) is 6.61 Å². The molecule has 0 bridgehead atoms. The van der Waals surface area contributed by atoms with Gasteiger partial charge >= 0.3 is 0 Å². The third-order valence-electron chi connectivity index (χ3n) is 1.17. The quantitative estimate of drug-likeness (QED) is 0.205. The number of aliphatic hydroxyl groups is 5. The smallest absolute Gasteiger partial charge is 0.210 e. The zero-order valence-electron chi connectivity index (χ0n) is 6.62. The highest BCUT2D eigenvalue weighted by atomic mass is 16.4. The van der Waals surface area contributed by atoms with Gasteiger partial charge in [-0.3, -0.25) is 5.40 Å². The highest BCUT2D eigenvalue weighted by Gasteiger charge is 2.27. The summed E-state index contributed by atoms with van der Waals surface area (Å²) in [6.07, 6.45) is -5.20. The fourth-order valence-corrected chi connectivity index (χ4v) is 0.471. The Labute approximate surface area is 64.3 Å². The molecule has 6 N–H and O–H groups in total. The fraction of sp³-hybridized carbons (Fsp3) is 0.800. The average Bonchev–Trinajstić information content (AvgIpc) is 2.12. The molecule has 0 aliphatic heterocycles. The van der Waals surface area contributed by atoms with Crippen LogP contribution in [-0.2, 0) is 0 Å². The Bertz CT molecular complexity index is 164. The van der Waals surface area contributed by atoms with E-state index in [1.165, 1.54) is 0 Å². The van der Waals surface area contributed by atoms with Crippen LogP contribution < -0.4 is 0 Å². The summed E-state index contributed by atoms with van der Waals surface area (Å²) < 4.78 is 6.25. The van der Waals surface area contributed by atoms with Crippen molar-refractivity contribution in [1.29, 1.82) is 5.40 Å². The number of aliphatic hydroxyl groups excluding tert-OH is 5. The number of nitrogens with one attached hydrogen (secondary N) is 1. The van der Waals surface area contributed by atoms with Crippen LogP contribution in [0, 0.1) is 5.40 Å². The van der Waals surface area contributed by atoms with Crippen molar-refractivity contribution in [3.05, 3.63) is 0 Å². The molecule has 3 atom stereocenters. The number of rotatable bonds is 4. The van der Waals surface area contributed by atoms with E-state index in [1.54, 1.807) is 0 Å². The Balaban J connectivity index is 4.18. The van der Waals surface area contributed by atoms with Gasteiger partial charge in [0.2, 0.25) is 5.90 Å². The van der Waals surface area contributed by atoms with Crippen molar-refractivity contribution < 1.29 is 26.9 Å². The van der Waals surface area contributed by atoms with Crippen LogP contribution in [0.2, 0.25) is 1.41 Å². The lowest BCUT2D eigenvalue weighted by atomic mass is 10.1. The topological polar surface area (TPSA) is 125 Å². The van der Waals surface area contributed by atoms with Crippen molar-refractivity contribution in [3.63, 3.8) is 0 Å². The maximum Gasteiger partial charge on any atom is 0.210 e. The highest BCUT2D eigenvalue weighted by molar-refractivity contribution is 5.75. The van der Waals surface area contributed by atoms with E-state index in [0.717, 1.165) is 0 Å². The van der Waals surface area contributed by atoms with Gasteiger partial charge in [0, 0.05) is 0 Å². The Kier molecular flexibility index (Phi) is 3.24.